The van der Waals surface area contributed by atoms with Crippen molar-refractivity contribution in [2.45, 2.75) is 25.5 Å². The van der Waals surface area contributed by atoms with E-state index in [9.17, 15) is 18.4 Å². The zero-order chi connectivity index (χ0) is 27.6. The molecular formula is C30H22F2N4O4. The average molecular weight is 541 g/mol. The standard InChI is InChI=1S/C30H22F2N4O4/c31-23-15-33-13-11-25(23)35-17-19-5-1-3-7-21(19)29(35)39-27(37)9-10-28(38)40-30-22-8-4-2-6-20(22)18-36(30)26-12-14-34-16-24(26)32/h1-16,29-30H,17-18H2/b10-9-. The molecule has 4 heterocycles. The fraction of sp³-hybridized carbons (Fsp3) is 0.133. The van der Waals surface area contributed by atoms with Gasteiger partial charge >= 0.3 is 11.9 Å². The number of halogens is 2. The molecule has 0 N–H and O–H groups in total. The highest BCUT2D eigenvalue weighted by Gasteiger charge is 2.36. The van der Waals surface area contributed by atoms with Gasteiger partial charge in [0, 0.05) is 48.8 Å². The van der Waals surface area contributed by atoms with Crippen LogP contribution >= 0.6 is 0 Å². The number of esters is 2. The van der Waals surface area contributed by atoms with Gasteiger partial charge in [-0.25, -0.2) is 18.4 Å². The second-order valence-electron chi connectivity index (χ2n) is 9.22. The van der Waals surface area contributed by atoms with Gasteiger partial charge < -0.3 is 19.3 Å². The summed E-state index contributed by atoms with van der Waals surface area (Å²) >= 11 is 0. The monoisotopic (exact) mass is 540 g/mol. The first-order valence-corrected chi connectivity index (χ1v) is 12.5. The van der Waals surface area contributed by atoms with Crippen molar-refractivity contribution in [2.24, 2.45) is 0 Å². The summed E-state index contributed by atoms with van der Waals surface area (Å²) in [7, 11) is 0. The highest BCUT2D eigenvalue weighted by molar-refractivity contribution is 5.92. The third-order valence-electron chi connectivity index (χ3n) is 6.82. The first-order valence-electron chi connectivity index (χ1n) is 12.5. The van der Waals surface area contributed by atoms with E-state index >= 15 is 0 Å². The number of anilines is 2. The number of hydrogen-bond acceptors (Lipinski definition) is 8. The van der Waals surface area contributed by atoms with Crippen LogP contribution < -0.4 is 9.80 Å². The minimum atomic E-state index is -0.909. The Kier molecular flexibility index (Phi) is 6.65. The van der Waals surface area contributed by atoms with Crippen LogP contribution in [0.3, 0.4) is 0 Å². The first-order chi connectivity index (χ1) is 19.5. The molecular weight excluding hydrogens is 518 g/mol. The summed E-state index contributed by atoms with van der Waals surface area (Å²) in [6, 6.07) is 17.7. The van der Waals surface area contributed by atoms with Gasteiger partial charge in [-0.15, -0.1) is 0 Å². The van der Waals surface area contributed by atoms with Gasteiger partial charge in [0.15, 0.2) is 11.6 Å². The molecule has 2 aromatic carbocycles. The van der Waals surface area contributed by atoms with Crippen LogP contribution in [0.15, 0.2) is 97.6 Å². The molecule has 2 unspecified atom stereocenters. The number of benzene rings is 2. The van der Waals surface area contributed by atoms with Crippen molar-refractivity contribution in [3.63, 3.8) is 0 Å². The van der Waals surface area contributed by atoms with Crippen LogP contribution in [0.25, 0.3) is 0 Å². The summed E-state index contributed by atoms with van der Waals surface area (Å²) in [5, 5.41) is 0. The predicted molar refractivity (Wildman–Crippen MR) is 140 cm³/mol. The van der Waals surface area contributed by atoms with Gasteiger partial charge in [-0.05, 0) is 23.3 Å². The first kappa shape index (κ1) is 25.2. The highest BCUT2D eigenvalue weighted by atomic mass is 19.1. The number of carbonyl (C=O) groups excluding carboxylic acids is 2. The topological polar surface area (TPSA) is 84.9 Å². The van der Waals surface area contributed by atoms with Gasteiger partial charge in [-0.3, -0.25) is 9.97 Å². The smallest absolute Gasteiger partial charge is 0.333 e. The maximum Gasteiger partial charge on any atom is 0.333 e. The zero-order valence-corrected chi connectivity index (χ0v) is 21.0. The third kappa shape index (κ3) is 4.75. The van der Waals surface area contributed by atoms with E-state index in [0.717, 1.165) is 35.7 Å². The Morgan fingerprint density at radius 2 is 1.12 bits per heavy atom. The molecule has 200 valence electrons. The Balaban J connectivity index is 1.19. The molecule has 10 heteroatoms. The molecule has 0 spiro atoms. The lowest BCUT2D eigenvalue weighted by Crippen LogP contribution is -2.27. The van der Waals surface area contributed by atoms with Gasteiger partial charge in [0.2, 0.25) is 12.5 Å². The van der Waals surface area contributed by atoms with E-state index in [-0.39, 0.29) is 11.4 Å². The average Bonchev–Trinajstić information content (AvgIpc) is 3.51. The SMILES string of the molecule is O=C(/C=C\C(=O)OC1c2ccccc2CN1c1ccncc1F)OC1c2ccccc2CN1c1ccncc1F. The molecule has 2 aromatic heterocycles. The van der Waals surface area contributed by atoms with Crippen LogP contribution in [0.4, 0.5) is 20.2 Å². The summed E-state index contributed by atoms with van der Waals surface area (Å²) in [4.78, 5) is 36.4. The van der Waals surface area contributed by atoms with E-state index in [2.05, 4.69) is 9.97 Å². The molecule has 0 saturated carbocycles. The highest BCUT2D eigenvalue weighted by Crippen LogP contribution is 2.40. The largest absolute Gasteiger partial charge is 0.434 e. The Labute approximate surface area is 228 Å². The van der Waals surface area contributed by atoms with E-state index < -0.39 is 36.0 Å². The Hall–Kier alpha value is -5.12. The summed E-state index contributed by atoms with van der Waals surface area (Å²) in [5.41, 5.74) is 3.64. The number of hydrogen-bond donors (Lipinski definition) is 0. The normalized spacial score (nSPS) is 17.6. The lowest BCUT2D eigenvalue weighted by atomic mass is 10.1. The van der Waals surface area contributed by atoms with Gasteiger partial charge in [0.25, 0.3) is 0 Å². The molecule has 0 saturated heterocycles. The molecule has 2 aliphatic rings. The molecule has 2 atom stereocenters. The minimum Gasteiger partial charge on any atom is -0.434 e. The van der Waals surface area contributed by atoms with Crippen molar-refractivity contribution in [1.29, 1.82) is 0 Å². The second-order valence-corrected chi connectivity index (χ2v) is 9.22. The molecule has 40 heavy (non-hydrogen) atoms. The zero-order valence-electron chi connectivity index (χ0n) is 21.0. The maximum atomic E-state index is 14.6. The number of pyridine rings is 2. The molecule has 6 rings (SSSR count). The maximum absolute atomic E-state index is 14.6. The van der Waals surface area contributed by atoms with E-state index in [4.69, 9.17) is 9.47 Å². The fourth-order valence-electron chi connectivity index (χ4n) is 5.02. The number of nitrogens with zero attached hydrogens (tertiary/aromatic N) is 4. The van der Waals surface area contributed by atoms with Crippen LogP contribution in [-0.4, -0.2) is 21.9 Å². The van der Waals surface area contributed by atoms with Crippen molar-refractivity contribution < 1.29 is 27.8 Å². The predicted octanol–water partition coefficient (Wildman–Crippen LogP) is 5.14. The fourth-order valence-corrected chi connectivity index (χ4v) is 5.02. The minimum absolute atomic E-state index is 0.232. The Morgan fingerprint density at radius 3 is 1.55 bits per heavy atom. The number of rotatable bonds is 6. The number of ether oxygens (including phenoxy) is 2. The van der Waals surface area contributed by atoms with E-state index in [1.165, 1.54) is 24.5 Å². The quantitative estimate of drug-likeness (QED) is 0.246. The third-order valence-corrected chi connectivity index (χ3v) is 6.82. The molecule has 0 aliphatic carbocycles. The van der Waals surface area contributed by atoms with Crippen molar-refractivity contribution in [1.82, 2.24) is 9.97 Å². The second kappa shape index (κ2) is 10.6. The van der Waals surface area contributed by atoms with Crippen LogP contribution in [0, 0.1) is 11.6 Å². The van der Waals surface area contributed by atoms with Crippen molar-refractivity contribution >= 4 is 23.3 Å². The summed E-state index contributed by atoms with van der Waals surface area (Å²) < 4.78 is 40.5. The summed E-state index contributed by atoms with van der Waals surface area (Å²) in [5.74, 6) is -2.74. The van der Waals surface area contributed by atoms with Crippen molar-refractivity contribution in [3.8, 4) is 0 Å². The Morgan fingerprint density at radius 1 is 0.700 bits per heavy atom. The summed E-state index contributed by atoms with van der Waals surface area (Å²) in [6.45, 7) is 0.645. The molecule has 0 bridgehead atoms. The summed E-state index contributed by atoms with van der Waals surface area (Å²) in [6.07, 6.45) is 5.20. The van der Waals surface area contributed by atoms with Crippen molar-refractivity contribution in [2.75, 3.05) is 9.80 Å². The number of fused-ring (bicyclic) bond motifs is 2. The van der Waals surface area contributed by atoms with Crippen LogP contribution in [0.5, 0.6) is 0 Å². The number of carbonyl (C=O) groups is 2. The molecule has 0 amide bonds. The van der Waals surface area contributed by atoms with Gasteiger partial charge in [0.05, 0.1) is 23.8 Å². The lowest BCUT2D eigenvalue weighted by Gasteiger charge is -2.27. The van der Waals surface area contributed by atoms with Gasteiger partial charge in [0.1, 0.15) is 0 Å². The molecule has 2 aliphatic heterocycles. The van der Waals surface area contributed by atoms with E-state index in [1.807, 2.05) is 24.3 Å². The number of aromatic nitrogens is 2. The van der Waals surface area contributed by atoms with Crippen LogP contribution in [0.1, 0.15) is 34.7 Å². The Bertz CT molecular complexity index is 1510. The molecule has 0 radical (unpaired) electrons. The molecule has 4 aromatic rings. The van der Waals surface area contributed by atoms with Crippen LogP contribution in [0.2, 0.25) is 0 Å². The van der Waals surface area contributed by atoms with E-state index in [0.29, 0.717) is 24.2 Å². The van der Waals surface area contributed by atoms with Gasteiger partial charge in [-0.1, -0.05) is 48.5 Å². The molecule has 0 fully saturated rings. The van der Waals surface area contributed by atoms with E-state index in [1.54, 1.807) is 34.1 Å². The van der Waals surface area contributed by atoms with Gasteiger partial charge in [-0.2, -0.15) is 0 Å². The lowest BCUT2D eigenvalue weighted by molar-refractivity contribution is -0.146. The molecule has 8 nitrogen and oxygen atoms in total. The van der Waals surface area contributed by atoms with Crippen molar-refractivity contribution in [3.05, 3.63) is 131 Å². The van der Waals surface area contributed by atoms with Crippen LogP contribution in [-0.2, 0) is 32.2 Å².